The zero-order valence-corrected chi connectivity index (χ0v) is 10.8. The van der Waals surface area contributed by atoms with Crippen LogP contribution in [0.3, 0.4) is 0 Å². The molecule has 0 aliphatic heterocycles. The molecule has 3 nitrogen and oxygen atoms in total. The van der Waals surface area contributed by atoms with Crippen molar-refractivity contribution < 1.29 is 4.74 Å². The summed E-state index contributed by atoms with van der Waals surface area (Å²) in [4.78, 5) is 3.84. The van der Waals surface area contributed by atoms with Crippen LogP contribution < -0.4 is 10.5 Å². The summed E-state index contributed by atoms with van der Waals surface area (Å²) in [6.45, 7) is 0.627. The number of hydrogen-bond donors (Lipinski definition) is 1. The van der Waals surface area contributed by atoms with Crippen LogP contribution in [0.5, 0.6) is 5.75 Å². The highest BCUT2D eigenvalue weighted by molar-refractivity contribution is 9.10. The summed E-state index contributed by atoms with van der Waals surface area (Å²) < 4.78 is 6.55. The quantitative estimate of drug-likeness (QED) is 0.526. The van der Waals surface area contributed by atoms with E-state index in [4.69, 9.17) is 10.5 Å². The molecule has 0 spiro atoms. The SMILES string of the molecule is CN=C(N)SCCOc1ccc(Br)cc1. The van der Waals surface area contributed by atoms with Gasteiger partial charge >= 0.3 is 0 Å². The van der Waals surface area contributed by atoms with Crippen molar-refractivity contribution in [1.82, 2.24) is 0 Å². The Bertz CT molecular complexity index is 327. The summed E-state index contributed by atoms with van der Waals surface area (Å²) in [7, 11) is 1.68. The van der Waals surface area contributed by atoms with Crippen molar-refractivity contribution in [3.8, 4) is 5.75 Å². The van der Waals surface area contributed by atoms with Crippen LogP contribution in [-0.4, -0.2) is 24.6 Å². The minimum atomic E-state index is 0.592. The van der Waals surface area contributed by atoms with Crippen molar-refractivity contribution in [3.05, 3.63) is 28.7 Å². The lowest BCUT2D eigenvalue weighted by molar-refractivity contribution is 0.344. The maximum absolute atomic E-state index is 5.52. The number of benzene rings is 1. The Hall–Kier alpha value is -0.680. The second kappa shape index (κ2) is 6.74. The molecule has 0 saturated carbocycles. The van der Waals surface area contributed by atoms with Crippen LogP contribution in [0.25, 0.3) is 0 Å². The molecule has 0 heterocycles. The lowest BCUT2D eigenvalue weighted by Crippen LogP contribution is -2.10. The molecule has 1 aromatic rings. The first kappa shape index (κ1) is 12.4. The maximum Gasteiger partial charge on any atom is 0.153 e. The Balaban J connectivity index is 2.23. The highest BCUT2D eigenvalue weighted by Gasteiger charge is 1.95. The van der Waals surface area contributed by atoms with Crippen LogP contribution >= 0.6 is 27.7 Å². The van der Waals surface area contributed by atoms with Gasteiger partial charge in [-0.3, -0.25) is 4.99 Å². The Kier molecular flexibility index (Phi) is 5.57. The summed E-state index contributed by atoms with van der Waals surface area (Å²) in [5.41, 5.74) is 5.52. The van der Waals surface area contributed by atoms with E-state index in [1.165, 1.54) is 11.8 Å². The molecule has 1 aromatic carbocycles. The van der Waals surface area contributed by atoms with Gasteiger partial charge in [-0.05, 0) is 24.3 Å². The minimum Gasteiger partial charge on any atom is -0.493 e. The van der Waals surface area contributed by atoms with E-state index in [9.17, 15) is 0 Å². The molecule has 0 aromatic heterocycles. The van der Waals surface area contributed by atoms with Crippen LogP contribution in [0.2, 0.25) is 0 Å². The van der Waals surface area contributed by atoms with Gasteiger partial charge in [-0.15, -0.1) is 0 Å². The predicted octanol–water partition coefficient (Wildman–Crippen LogP) is 2.51. The summed E-state index contributed by atoms with van der Waals surface area (Å²) in [5.74, 6) is 1.67. The topological polar surface area (TPSA) is 47.6 Å². The molecule has 0 saturated heterocycles. The molecule has 1 rings (SSSR count). The van der Waals surface area contributed by atoms with Crippen molar-refractivity contribution in [2.24, 2.45) is 10.7 Å². The fraction of sp³-hybridized carbons (Fsp3) is 0.300. The zero-order valence-electron chi connectivity index (χ0n) is 8.44. The van der Waals surface area contributed by atoms with Crippen molar-refractivity contribution in [1.29, 1.82) is 0 Å². The number of ether oxygens (including phenoxy) is 1. The molecular formula is C10H13BrN2OS. The summed E-state index contributed by atoms with van der Waals surface area (Å²) in [6, 6.07) is 7.74. The number of amidine groups is 1. The summed E-state index contributed by atoms with van der Waals surface area (Å²) in [6.07, 6.45) is 0. The molecule has 15 heavy (non-hydrogen) atoms. The first-order valence-electron chi connectivity index (χ1n) is 4.46. The fourth-order valence-electron chi connectivity index (χ4n) is 0.901. The van der Waals surface area contributed by atoms with Gasteiger partial charge in [0.2, 0.25) is 0 Å². The highest BCUT2D eigenvalue weighted by atomic mass is 79.9. The van der Waals surface area contributed by atoms with Crippen molar-refractivity contribution in [2.45, 2.75) is 0 Å². The Morgan fingerprint density at radius 2 is 2.13 bits per heavy atom. The highest BCUT2D eigenvalue weighted by Crippen LogP contribution is 2.16. The third kappa shape index (κ3) is 5.09. The van der Waals surface area contributed by atoms with Crippen LogP contribution in [0.1, 0.15) is 0 Å². The smallest absolute Gasteiger partial charge is 0.153 e. The predicted molar refractivity (Wildman–Crippen MR) is 69.6 cm³/mol. The number of aliphatic imine (C=N–C) groups is 1. The molecule has 0 amide bonds. The molecular weight excluding hydrogens is 276 g/mol. The molecule has 0 radical (unpaired) electrons. The first-order chi connectivity index (χ1) is 7.22. The number of nitrogens with two attached hydrogens (primary N) is 1. The summed E-state index contributed by atoms with van der Waals surface area (Å²) in [5, 5.41) is 0.592. The van der Waals surface area contributed by atoms with Crippen LogP contribution in [-0.2, 0) is 0 Å². The van der Waals surface area contributed by atoms with Gasteiger partial charge in [0.15, 0.2) is 5.17 Å². The standard InChI is InChI=1S/C10H13BrN2OS/c1-13-10(12)15-7-6-14-9-4-2-8(11)3-5-9/h2-5H,6-7H2,1H3,(H2,12,13). The van der Waals surface area contributed by atoms with Gasteiger partial charge < -0.3 is 10.5 Å². The second-order valence-corrected chi connectivity index (χ2v) is 4.74. The van der Waals surface area contributed by atoms with Gasteiger partial charge in [0.05, 0.1) is 6.61 Å². The minimum absolute atomic E-state index is 0.592. The molecule has 0 atom stereocenters. The number of halogens is 1. The van der Waals surface area contributed by atoms with Gasteiger partial charge in [0, 0.05) is 17.3 Å². The van der Waals surface area contributed by atoms with Crippen molar-refractivity contribution in [3.63, 3.8) is 0 Å². The average Bonchev–Trinajstić information content (AvgIpc) is 2.26. The zero-order chi connectivity index (χ0) is 11.1. The molecule has 82 valence electrons. The van der Waals surface area contributed by atoms with Gasteiger partial charge in [0.1, 0.15) is 5.75 Å². The van der Waals surface area contributed by atoms with Gasteiger partial charge in [0.25, 0.3) is 0 Å². The average molecular weight is 289 g/mol. The van der Waals surface area contributed by atoms with Gasteiger partial charge in [-0.25, -0.2) is 0 Å². The molecule has 0 bridgehead atoms. The Labute approximate surface area is 102 Å². The first-order valence-corrected chi connectivity index (χ1v) is 6.23. The second-order valence-electron chi connectivity index (χ2n) is 2.71. The lowest BCUT2D eigenvalue weighted by Gasteiger charge is -2.05. The van der Waals surface area contributed by atoms with Gasteiger partial charge in [-0.1, -0.05) is 27.7 Å². The van der Waals surface area contributed by atoms with Gasteiger partial charge in [-0.2, -0.15) is 0 Å². The van der Waals surface area contributed by atoms with Crippen LogP contribution in [0.15, 0.2) is 33.7 Å². The third-order valence-corrected chi connectivity index (χ3v) is 3.01. The molecule has 2 N–H and O–H groups in total. The van der Waals surface area contributed by atoms with E-state index in [0.29, 0.717) is 11.8 Å². The van der Waals surface area contributed by atoms with E-state index in [2.05, 4.69) is 20.9 Å². The molecule has 0 unspecified atom stereocenters. The third-order valence-electron chi connectivity index (χ3n) is 1.64. The van der Waals surface area contributed by atoms with E-state index in [1.807, 2.05) is 24.3 Å². The Morgan fingerprint density at radius 1 is 1.47 bits per heavy atom. The van der Waals surface area contributed by atoms with E-state index < -0.39 is 0 Å². The lowest BCUT2D eigenvalue weighted by atomic mass is 10.3. The van der Waals surface area contributed by atoms with E-state index in [0.717, 1.165) is 16.0 Å². The largest absolute Gasteiger partial charge is 0.493 e. The fourth-order valence-corrected chi connectivity index (χ4v) is 1.67. The van der Waals surface area contributed by atoms with Crippen molar-refractivity contribution in [2.75, 3.05) is 19.4 Å². The number of nitrogens with zero attached hydrogens (tertiary/aromatic N) is 1. The normalized spacial score (nSPS) is 11.5. The molecule has 0 aliphatic rings. The molecule has 0 fully saturated rings. The Morgan fingerprint density at radius 3 is 2.73 bits per heavy atom. The van der Waals surface area contributed by atoms with E-state index >= 15 is 0 Å². The summed E-state index contributed by atoms with van der Waals surface area (Å²) >= 11 is 4.86. The van der Waals surface area contributed by atoms with Crippen LogP contribution in [0.4, 0.5) is 0 Å². The monoisotopic (exact) mass is 288 g/mol. The number of rotatable bonds is 4. The van der Waals surface area contributed by atoms with Crippen LogP contribution in [0, 0.1) is 0 Å². The van der Waals surface area contributed by atoms with E-state index in [-0.39, 0.29) is 0 Å². The molecule has 0 aliphatic carbocycles. The van der Waals surface area contributed by atoms with Crippen molar-refractivity contribution >= 4 is 32.9 Å². The number of thioether (sulfide) groups is 1. The molecule has 5 heteroatoms. The number of hydrogen-bond acceptors (Lipinski definition) is 3. The van der Waals surface area contributed by atoms with E-state index in [1.54, 1.807) is 7.05 Å². The maximum atomic E-state index is 5.52.